The molecule has 0 bridgehead atoms. The first-order valence-electron chi connectivity index (χ1n) is 27.5. The summed E-state index contributed by atoms with van der Waals surface area (Å²) in [6.45, 7) is -6.68. The van der Waals surface area contributed by atoms with Gasteiger partial charge in [-0.2, -0.15) is 0 Å². The first kappa shape index (κ1) is 74.2. The van der Waals surface area contributed by atoms with Gasteiger partial charge in [0, 0.05) is 26.7 Å². The van der Waals surface area contributed by atoms with Crippen molar-refractivity contribution >= 4 is 29.7 Å². The predicted molar refractivity (Wildman–Crippen MR) is 270 cm³/mol. The van der Waals surface area contributed by atoms with E-state index < -0.39 is 284 Å². The molecule has 0 radical (unpaired) electrons. The van der Waals surface area contributed by atoms with Crippen molar-refractivity contribution in [1.82, 2.24) is 16.0 Å². The quantitative estimate of drug-likeness (QED) is 0.0382. The maximum Gasteiger partial charge on any atom is 0.364 e. The average molecular weight is 1310 g/mol. The van der Waals surface area contributed by atoms with Crippen molar-refractivity contribution in [2.45, 2.75) is 222 Å². The molecule has 0 aliphatic carbocycles. The van der Waals surface area contributed by atoms with E-state index >= 15 is 0 Å². The molecule has 6 aliphatic heterocycles. The van der Waals surface area contributed by atoms with E-state index in [1.54, 1.807) is 0 Å². The number of carboxylic acid groups (broad SMARTS) is 2. The fourth-order valence-electron chi connectivity index (χ4n) is 11.1. The molecule has 6 saturated heterocycles. The number of ether oxygens (including phenoxy) is 11. The number of nitrogens with one attached hydrogen (secondary N) is 3. The van der Waals surface area contributed by atoms with Gasteiger partial charge in [0.15, 0.2) is 25.2 Å². The number of carboxylic acids is 2. The number of aliphatic hydroxyl groups excluding tert-OH is 20. The normalized spacial score (nSPS) is 44.2. The summed E-state index contributed by atoms with van der Waals surface area (Å²) >= 11 is 0. The van der Waals surface area contributed by atoms with E-state index in [1.807, 2.05) is 5.32 Å². The SMILES string of the molecule is CC(=O)N[C@H]1[C@H](O[C@@H]2[C@@H](O)[C@@H](O)[C@H](O[C@H]3[C@H](O)[C@@H](O)[C@H](O)O[C@@H]3CO)O[C@@H]2CO)O[C@H](CO)[C@H](O)[C@@H]1O[C@@H]1O[C@H](CO)[C@H](O)[C@H](O[C@]2(C(=O)O)C[C@H](O)[C@@H](NC(C)=O)[C@H]([C@H](O)[C@@H](CO)O[C@]3(C(=O)O)C[C@H](O)[C@@H](NC(=O)CO)[C@H]([C@H](O)[C@H](O)CO)O3)O2)[C@H]1O. The second kappa shape index (κ2) is 31.4. The Balaban J connectivity index is 1.30. The molecule has 41 nitrogen and oxygen atoms in total. The summed E-state index contributed by atoms with van der Waals surface area (Å²) in [5, 5.41) is 243. The highest BCUT2D eigenvalue weighted by Crippen LogP contribution is 2.41. The van der Waals surface area contributed by atoms with Crippen LogP contribution in [0.5, 0.6) is 0 Å². The van der Waals surface area contributed by atoms with Crippen LogP contribution in [0.2, 0.25) is 0 Å². The van der Waals surface area contributed by atoms with Crippen LogP contribution in [0.3, 0.4) is 0 Å². The summed E-state index contributed by atoms with van der Waals surface area (Å²) in [7, 11) is 0. The monoisotopic (exact) mass is 1310 g/mol. The minimum absolute atomic E-state index is 0.862. The van der Waals surface area contributed by atoms with E-state index in [4.69, 9.17) is 52.1 Å². The molecule has 41 heteroatoms. The highest BCUT2D eigenvalue weighted by molar-refractivity contribution is 5.78. The van der Waals surface area contributed by atoms with Gasteiger partial charge in [0.2, 0.25) is 17.7 Å². The van der Waals surface area contributed by atoms with Crippen molar-refractivity contribution in [2.75, 3.05) is 46.2 Å². The van der Waals surface area contributed by atoms with Crippen LogP contribution in [-0.4, -0.2) is 384 Å². The zero-order valence-electron chi connectivity index (χ0n) is 47.1. The van der Waals surface area contributed by atoms with Crippen LogP contribution in [0.15, 0.2) is 0 Å². The minimum Gasteiger partial charge on any atom is -0.477 e. The summed E-state index contributed by atoms with van der Waals surface area (Å²) in [5.74, 6) is -14.6. The highest BCUT2D eigenvalue weighted by atomic mass is 16.8. The number of carbonyl (C=O) groups is 5. The number of aliphatic hydroxyl groups is 20. The summed E-state index contributed by atoms with van der Waals surface area (Å²) in [6.07, 6.45) is -61.6. The van der Waals surface area contributed by atoms with E-state index in [9.17, 15) is 136 Å². The largest absolute Gasteiger partial charge is 0.477 e. The van der Waals surface area contributed by atoms with Crippen LogP contribution < -0.4 is 16.0 Å². The molecule has 0 aromatic rings. The van der Waals surface area contributed by atoms with Crippen LogP contribution in [0.4, 0.5) is 0 Å². The lowest BCUT2D eigenvalue weighted by Gasteiger charge is -2.52. The maximum atomic E-state index is 13.6. The predicted octanol–water partition coefficient (Wildman–Crippen LogP) is -16.3. The Morgan fingerprint density at radius 3 is 1.44 bits per heavy atom. The van der Waals surface area contributed by atoms with Crippen molar-refractivity contribution in [3.05, 3.63) is 0 Å². The third kappa shape index (κ3) is 16.0. The van der Waals surface area contributed by atoms with Crippen LogP contribution in [0.1, 0.15) is 26.7 Å². The topological polar surface area (TPSA) is 668 Å². The van der Waals surface area contributed by atoms with Crippen molar-refractivity contribution in [1.29, 1.82) is 0 Å². The Labute approximate surface area is 501 Å². The van der Waals surface area contributed by atoms with Gasteiger partial charge in [-0.1, -0.05) is 0 Å². The van der Waals surface area contributed by atoms with Gasteiger partial charge in [-0.05, 0) is 0 Å². The number of hydrogen-bond donors (Lipinski definition) is 25. The first-order valence-corrected chi connectivity index (χ1v) is 27.5. The molecular formula is C48H79N3O38. The first-order chi connectivity index (χ1) is 41.8. The number of amides is 3. The molecule has 0 aromatic heterocycles. The molecular weight excluding hydrogens is 1230 g/mol. The molecule has 3 amide bonds. The smallest absolute Gasteiger partial charge is 0.364 e. The molecule has 89 heavy (non-hydrogen) atoms. The Morgan fingerprint density at radius 1 is 0.483 bits per heavy atom. The Hall–Kier alpha value is -3.89. The lowest BCUT2D eigenvalue weighted by atomic mass is 9.87. The van der Waals surface area contributed by atoms with Gasteiger partial charge in [-0.3, -0.25) is 14.4 Å². The van der Waals surface area contributed by atoms with E-state index in [0.717, 1.165) is 13.8 Å². The van der Waals surface area contributed by atoms with Gasteiger partial charge in [-0.25, -0.2) is 9.59 Å². The molecule has 6 aliphatic rings. The molecule has 0 saturated carbocycles. The fourth-order valence-corrected chi connectivity index (χ4v) is 11.1. The summed E-state index contributed by atoms with van der Waals surface area (Å²) < 4.78 is 62.3. The zero-order valence-corrected chi connectivity index (χ0v) is 47.1. The summed E-state index contributed by atoms with van der Waals surface area (Å²) in [4.78, 5) is 64.3. The molecule has 6 rings (SSSR count). The van der Waals surface area contributed by atoms with Crippen molar-refractivity contribution < 1.29 is 188 Å². The number of rotatable bonds is 26. The van der Waals surface area contributed by atoms with E-state index in [0.29, 0.717) is 0 Å². The van der Waals surface area contributed by atoms with E-state index in [1.165, 1.54) is 0 Å². The molecule has 0 spiro atoms. The van der Waals surface area contributed by atoms with E-state index in [-0.39, 0.29) is 0 Å². The fraction of sp³-hybridized carbons (Fsp3) is 0.896. The molecule has 514 valence electrons. The lowest BCUT2D eigenvalue weighted by molar-refractivity contribution is -0.389. The van der Waals surface area contributed by atoms with Gasteiger partial charge in [0.1, 0.15) is 141 Å². The van der Waals surface area contributed by atoms with Gasteiger partial charge >= 0.3 is 11.9 Å². The zero-order chi connectivity index (χ0) is 66.5. The van der Waals surface area contributed by atoms with Crippen molar-refractivity contribution in [3.8, 4) is 0 Å². The number of aliphatic carboxylic acids is 2. The highest BCUT2D eigenvalue weighted by Gasteiger charge is 2.63. The van der Waals surface area contributed by atoms with Gasteiger partial charge in [-0.15, -0.1) is 0 Å². The van der Waals surface area contributed by atoms with Crippen LogP contribution in [-0.2, 0) is 76.1 Å². The Morgan fingerprint density at radius 2 is 0.921 bits per heavy atom. The van der Waals surface area contributed by atoms with Crippen LogP contribution >= 0.6 is 0 Å². The Bertz CT molecular complexity index is 2340. The molecule has 0 unspecified atom stereocenters. The molecule has 0 aromatic carbocycles. The van der Waals surface area contributed by atoms with Gasteiger partial charge in [0.25, 0.3) is 11.6 Å². The van der Waals surface area contributed by atoms with E-state index in [2.05, 4.69) is 10.6 Å². The minimum atomic E-state index is -3.52. The van der Waals surface area contributed by atoms with Gasteiger partial charge < -0.3 is 180 Å². The molecule has 32 atom stereocenters. The van der Waals surface area contributed by atoms with Crippen LogP contribution in [0, 0.1) is 0 Å². The van der Waals surface area contributed by atoms with Crippen molar-refractivity contribution in [3.63, 3.8) is 0 Å². The molecule has 6 heterocycles. The average Bonchev–Trinajstić information content (AvgIpc) is 0.864. The van der Waals surface area contributed by atoms with Gasteiger partial charge in [0.05, 0.1) is 63.9 Å². The summed E-state index contributed by atoms with van der Waals surface area (Å²) in [5.41, 5.74) is 0. The maximum absolute atomic E-state index is 13.6. The molecule has 6 fully saturated rings. The standard InChI is InChI=1S/C48H79N3O38/c1-12(59)49-23-14(61)4-48(46(77)78,88-39(23)29(68)19(8-55)86-47(45(75)76)3-15(62)24(51-22(64)11-58)38(87-47)26(65)16(63)5-52)89-40-28(67)18(7-54)81-44(34(40)73)85-37-25(50-13(2)60)42(80-17(6-53)27(37)66)83-36-21(10-57)82-43(33(72)31(36)70)84-35-20(9-56)79-41(74)32(71)30(35)69/h14-21,23-44,52-58,61-63,65-74H,3-11H2,1-2H3,(H,49,59)(H,50,60)(H,51,64)(H,75,76)(H,77,78)/t14-,15-,16+,17+,18+,19+,20+,21+,23+,24+,25+,26+,27-,28-,29+,30+,31-,32+,33+,34+,35+,36-,37+,38+,39+,40-,41+,42-,43-,44-,47+,48-/m0/s1. The third-order valence-electron chi connectivity index (χ3n) is 15.7. The number of carbonyl (C=O) groups excluding carboxylic acids is 3. The number of hydrogen-bond acceptors (Lipinski definition) is 36. The second-order valence-electron chi connectivity index (χ2n) is 21.8. The molecule has 25 N–H and O–H groups in total. The Kier molecular flexibility index (Phi) is 26.1. The lowest BCUT2D eigenvalue weighted by Crippen LogP contribution is -2.72. The third-order valence-corrected chi connectivity index (χ3v) is 15.7. The van der Waals surface area contributed by atoms with Crippen LogP contribution in [0.25, 0.3) is 0 Å². The summed E-state index contributed by atoms with van der Waals surface area (Å²) in [6, 6.07) is -5.86. The van der Waals surface area contributed by atoms with Crippen molar-refractivity contribution in [2.24, 2.45) is 0 Å². The second-order valence-corrected chi connectivity index (χ2v) is 21.8.